The van der Waals surface area contributed by atoms with E-state index >= 15 is 0 Å². The second-order valence-corrected chi connectivity index (χ2v) is 5.22. The first-order valence-corrected chi connectivity index (χ1v) is 7.57. The fraction of sp³-hybridized carbons (Fsp3) is 0.500. The highest BCUT2D eigenvalue weighted by molar-refractivity contribution is 5.94. The lowest BCUT2D eigenvalue weighted by Crippen LogP contribution is -2.29. The van der Waals surface area contributed by atoms with Gasteiger partial charge in [0.2, 0.25) is 0 Å². The van der Waals surface area contributed by atoms with Gasteiger partial charge in [0.1, 0.15) is 0 Å². The quantitative estimate of drug-likeness (QED) is 0.749. The van der Waals surface area contributed by atoms with Crippen LogP contribution in [-0.2, 0) is 9.53 Å². The summed E-state index contributed by atoms with van der Waals surface area (Å²) in [5, 5.41) is 11.5. The van der Waals surface area contributed by atoms with Gasteiger partial charge >= 0.3 is 5.97 Å². The third kappa shape index (κ3) is 5.14. The van der Waals surface area contributed by atoms with E-state index < -0.39 is 12.6 Å². The molecule has 7 heteroatoms. The van der Waals surface area contributed by atoms with Crippen LogP contribution in [0, 0.1) is 5.92 Å². The number of benzene rings is 1. The lowest BCUT2D eigenvalue weighted by atomic mass is 10.1. The fourth-order valence-corrected chi connectivity index (χ4v) is 2.26. The van der Waals surface area contributed by atoms with Crippen molar-refractivity contribution in [2.75, 3.05) is 33.0 Å². The van der Waals surface area contributed by atoms with E-state index in [0.29, 0.717) is 42.7 Å². The molecule has 126 valence electrons. The Morgan fingerprint density at radius 2 is 2.17 bits per heavy atom. The zero-order valence-electron chi connectivity index (χ0n) is 13.0. The van der Waals surface area contributed by atoms with E-state index in [2.05, 4.69) is 5.32 Å². The van der Waals surface area contributed by atoms with Gasteiger partial charge in [-0.2, -0.15) is 0 Å². The van der Waals surface area contributed by atoms with Crippen LogP contribution in [0.3, 0.4) is 0 Å². The number of aliphatic carboxylic acids is 1. The lowest BCUT2D eigenvalue weighted by molar-refractivity contribution is -0.139. The number of hydrogen-bond acceptors (Lipinski definition) is 5. The van der Waals surface area contributed by atoms with Crippen molar-refractivity contribution < 1.29 is 28.9 Å². The summed E-state index contributed by atoms with van der Waals surface area (Å²) in [6.45, 7) is 3.70. The fourth-order valence-electron chi connectivity index (χ4n) is 2.26. The van der Waals surface area contributed by atoms with E-state index in [4.69, 9.17) is 19.3 Å². The second kappa shape index (κ2) is 8.38. The number of rotatable bonds is 8. The molecule has 1 aromatic carbocycles. The van der Waals surface area contributed by atoms with E-state index in [1.807, 2.05) is 0 Å². The zero-order chi connectivity index (χ0) is 16.7. The molecule has 1 amide bonds. The highest BCUT2D eigenvalue weighted by Crippen LogP contribution is 2.28. The maximum atomic E-state index is 12.2. The van der Waals surface area contributed by atoms with Crippen LogP contribution < -0.4 is 14.8 Å². The molecule has 1 fully saturated rings. The van der Waals surface area contributed by atoms with Gasteiger partial charge in [0.05, 0.1) is 13.2 Å². The van der Waals surface area contributed by atoms with Crippen LogP contribution in [-0.4, -0.2) is 50.0 Å². The lowest BCUT2D eigenvalue weighted by Gasteiger charge is -2.13. The number of ether oxygens (including phenoxy) is 3. The average molecular weight is 323 g/mol. The van der Waals surface area contributed by atoms with E-state index in [1.165, 1.54) is 0 Å². The van der Waals surface area contributed by atoms with Gasteiger partial charge in [0.25, 0.3) is 5.91 Å². The molecule has 1 aromatic rings. The molecule has 1 aliphatic heterocycles. The van der Waals surface area contributed by atoms with Gasteiger partial charge < -0.3 is 24.6 Å². The van der Waals surface area contributed by atoms with Crippen molar-refractivity contribution in [3.05, 3.63) is 23.8 Å². The first-order chi connectivity index (χ1) is 11.1. The Labute approximate surface area is 134 Å². The molecule has 0 radical (unpaired) electrons. The number of carboxylic acids is 1. The summed E-state index contributed by atoms with van der Waals surface area (Å²) in [5.74, 6) is -0.278. The van der Waals surface area contributed by atoms with E-state index in [9.17, 15) is 9.59 Å². The third-order valence-electron chi connectivity index (χ3n) is 3.43. The normalized spacial score (nSPS) is 16.8. The van der Waals surface area contributed by atoms with Gasteiger partial charge in [-0.3, -0.25) is 4.79 Å². The molecule has 0 aliphatic carbocycles. The predicted octanol–water partition coefficient (Wildman–Crippen LogP) is 1.32. The minimum absolute atomic E-state index is 0.206. The highest BCUT2D eigenvalue weighted by Gasteiger charge is 2.18. The molecular formula is C16H21NO6. The van der Waals surface area contributed by atoms with E-state index in [0.717, 1.165) is 13.0 Å². The molecule has 2 N–H and O–H groups in total. The Kier molecular flexibility index (Phi) is 6.22. The standard InChI is InChI=1S/C16H21NO6/c1-2-22-14-7-12(3-4-13(14)23-10-15(18)19)16(20)17-8-11-5-6-21-9-11/h3-4,7,11H,2,5-6,8-10H2,1H3,(H,17,20)(H,18,19). The minimum Gasteiger partial charge on any atom is -0.490 e. The maximum Gasteiger partial charge on any atom is 0.341 e. The summed E-state index contributed by atoms with van der Waals surface area (Å²) < 4.78 is 15.8. The van der Waals surface area contributed by atoms with Crippen molar-refractivity contribution in [1.29, 1.82) is 0 Å². The van der Waals surface area contributed by atoms with Crippen LogP contribution in [0.1, 0.15) is 23.7 Å². The van der Waals surface area contributed by atoms with Crippen LogP contribution >= 0.6 is 0 Å². The summed E-state index contributed by atoms with van der Waals surface area (Å²) in [4.78, 5) is 22.8. The summed E-state index contributed by atoms with van der Waals surface area (Å²) in [5.41, 5.74) is 0.440. The topological polar surface area (TPSA) is 94.1 Å². The Hall–Kier alpha value is -2.28. The monoisotopic (exact) mass is 323 g/mol. The molecule has 1 atom stereocenters. The molecule has 1 saturated heterocycles. The molecule has 0 spiro atoms. The summed E-state index contributed by atoms with van der Waals surface area (Å²) in [6, 6.07) is 4.68. The summed E-state index contributed by atoms with van der Waals surface area (Å²) >= 11 is 0. The van der Waals surface area contributed by atoms with Crippen LogP contribution in [0.15, 0.2) is 18.2 Å². The smallest absolute Gasteiger partial charge is 0.341 e. The minimum atomic E-state index is -1.08. The number of carbonyl (C=O) groups is 2. The van der Waals surface area contributed by atoms with Crippen molar-refractivity contribution in [3.8, 4) is 11.5 Å². The van der Waals surface area contributed by atoms with Crippen molar-refractivity contribution in [2.24, 2.45) is 5.92 Å². The van der Waals surface area contributed by atoms with Crippen LogP contribution in [0.2, 0.25) is 0 Å². The number of carbonyl (C=O) groups excluding carboxylic acids is 1. The first kappa shape index (κ1) is 17.1. The van der Waals surface area contributed by atoms with Gasteiger partial charge in [-0.05, 0) is 31.5 Å². The van der Waals surface area contributed by atoms with Gasteiger partial charge in [0, 0.05) is 24.6 Å². The Morgan fingerprint density at radius 3 is 2.83 bits per heavy atom. The molecule has 0 saturated carbocycles. The number of carboxylic acid groups (broad SMARTS) is 1. The van der Waals surface area contributed by atoms with Crippen molar-refractivity contribution in [3.63, 3.8) is 0 Å². The number of nitrogens with one attached hydrogen (secondary N) is 1. The molecule has 2 rings (SSSR count). The average Bonchev–Trinajstić information content (AvgIpc) is 3.05. The van der Waals surface area contributed by atoms with Gasteiger partial charge in [-0.1, -0.05) is 0 Å². The molecule has 0 bridgehead atoms. The van der Waals surface area contributed by atoms with Crippen molar-refractivity contribution in [1.82, 2.24) is 5.32 Å². The Morgan fingerprint density at radius 1 is 1.35 bits per heavy atom. The highest BCUT2D eigenvalue weighted by atomic mass is 16.5. The molecule has 0 aromatic heterocycles. The summed E-state index contributed by atoms with van der Waals surface area (Å²) in [6.07, 6.45) is 0.951. The van der Waals surface area contributed by atoms with Gasteiger partial charge in [-0.25, -0.2) is 4.79 Å². The van der Waals surface area contributed by atoms with Crippen LogP contribution in [0.25, 0.3) is 0 Å². The Balaban J connectivity index is 2.01. The maximum absolute atomic E-state index is 12.2. The summed E-state index contributed by atoms with van der Waals surface area (Å²) in [7, 11) is 0. The SMILES string of the molecule is CCOc1cc(C(=O)NCC2CCOC2)ccc1OCC(=O)O. The first-order valence-electron chi connectivity index (χ1n) is 7.57. The molecule has 1 aliphatic rings. The van der Waals surface area contributed by atoms with Crippen LogP contribution in [0.4, 0.5) is 0 Å². The van der Waals surface area contributed by atoms with Crippen LogP contribution in [0.5, 0.6) is 11.5 Å². The Bertz CT molecular complexity index is 554. The third-order valence-corrected chi connectivity index (χ3v) is 3.43. The predicted molar refractivity (Wildman–Crippen MR) is 82.0 cm³/mol. The molecule has 1 unspecified atom stereocenters. The van der Waals surface area contributed by atoms with Crippen molar-refractivity contribution >= 4 is 11.9 Å². The molecule has 7 nitrogen and oxygen atoms in total. The zero-order valence-corrected chi connectivity index (χ0v) is 13.0. The molecule has 1 heterocycles. The molecular weight excluding hydrogens is 302 g/mol. The van der Waals surface area contributed by atoms with E-state index in [1.54, 1.807) is 25.1 Å². The van der Waals surface area contributed by atoms with E-state index in [-0.39, 0.29) is 5.91 Å². The van der Waals surface area contributed by atoms with Gasteiger partial charge in [-0.15, -0.1) is 0 Å². The largest absolute Gasteiger partial charge is 0.490 e. The second-order valence-electron chi connectivity index (χ2n) is 5.22. The van der Waals surface area contributed by atoms with Crippen molar-refractivity contribution in [2.45, 2.75) is 13.3 Å². The number of hydrogen-bond donors (Lipinski definition) is 2. The molecule has 23 heavy (non-hydrogen) atoms. The van der Waals surface area contributed by atoms with Gasteiger partial charge in [0.15, 0.2) is 18.1 Å². The number of amides is 1.